The Morgan fingerprint density at radius 3 is 2.78 bits per heavy atom. The van der Waals surface area contributed by atoms with Gasteiger partial charge < -0.3 is 9.84 Å². The van der Waals surface area contributed by atoms with Gasteiger partial charge in [-0.2, -0.15) is 4.39 Å². The summed E-state index contributed by atoms with van der Waals surface area (Å²) in [6.45, 7) is -0.0157. The van der Waals surface area contributed by atoms with Gasteiger partial charge in [0, 0.05) is 7.11 Å². The molecule has 3 nitrogen and oxygen atoms in total. The fourth-order valence-electron chi connectivity index (χ4n) is 0.244. The summed E-state index contributed by atoms with van der Waals surface area (Å²) in [6.07, 6.45) is 0.850. The average Bonchev–Trinajstić information content (AvgIpc) is 1.82. The number of methoxy groups -OCH3 is 1. The average molecular weight is 134 g/mol. The van der Waals surface area contributed by atoms with Crippen LogP contribution in [0.5, 0.6) is 0 Å². The van der Waals surface area contributed by atoms with Gasteiger partial charge in [-0.15, -0.1) is 0 Å². The molecular formula is C5H7FO3. The highest BCUT2D eigenvalue weighted by Gasteiger charge is 2.02. The molecule has 0 radical (unpaired) electrons. The second-order valence-electron chi connectivity index (χ2n) is 1.31. The molecule has 0 aliphatic heterocycles. The molecule has 1 N–H and O–H groups in total. The van der Waals surface area contributed by atoms with Crippen LogP contribution < -0.4 is 0 Å². The molecule has 4 heteroatoms. The van der Waals surface area contributed by atoms with Crippen LogP contribution in [0.3, 0.4) is 0 Å². The monoisotopic (exact) mass is 134 g/mol. The summed E-state index contributed by atoms with van der Waals surface area (Å²) < 4.78 is 16.3. The maximum absolute atomic E-state index is 11.9. The molecule has 0 rings (SSSR count). The third kappa shape index (κ3) is 3.66. The number of halogens is 1. The SMILES string of the molecule is COCC=C(F)C(=O)O. The first-order valence-corrected chi connectivity index (χ1v) is 2.26. The van der Waals surface area contributed by atoms with Gasteiger partial charge in [0.25, 0.3) is 0 Å². The number of hydrogen-bond acceptors (Lipinski definition) is 2. The molecule has 0 aromatic rings. The maximum Gasteiger partial charge on any atom is 0.364 e. The van der Waals surface area contributed by atoms with E-state index >= 15 is 0 Å². The summed E-state index contributed by atoms with van der Waals surface area (Å²) in [5.74, 6) is -2.75. The Labute approximate surface area is 51.7 Å². The van der Waals surface area contributed by atoms with E-state index in [0.717, 1.165) is 6.08 Å². The lowest BCUT2D eigenvalue weighted by Crippen LogP contribution is -1.96. The van der Waals surface area contributed by atoms with Gasteiger partial charge in [-0.3, -0.25) is 0 Å². The van der Waals surface area contributed by atoms with Crippen LogP contribution in [0.2, 0.25) is 0 Å². The molecule has 0 aromatic carbocycles. The molecule has 9 heavy (non-hydrogen) atoms. The first kappa shape index (κ1) is 8.10. The molecule has 0 atom stereocenters. The number of carboxylic acid groups (broad SMARTS) is 1. The number of aliphatic carboxylic acids is 1. The van der Waals surface area contributed by atoms with Crippen molar-refractivity contribution in [2.24, 2.45) is 0 Å². The van der Waals surface area contributed by atoms with Crippen molar-refractivity contribution in [1.29, 1.82) is 0 Å². The van der Waals surface area contributed by atoms with Crippen molar-refractivity contribution < 1.29 is 19.0 Å². The Balaban J connectivity index is 3.69. The Hall–Kier alpha value is -0.900. The van der Waals surface area contributed by atoms with E-state index in [1.165, 1.54) is 7.11 Å². The summed E-state index contributed by atoms with van der Waals surface area (Å²) >= 11 is 0. The van der Waals surface area contributed by atoms with E-state index in [-0.39, 0.29) is 6.61 Å². The van der Waals surface area contributed by atoms with Gasteiger partial charge in [0.1, 0.15) is 0 Å². The minimum absolute atomic E-state index is 0.0157. The van der Waals surface area contributed by atoms with Crippen LogP contribution in [0.1, 0.15) is 0 Å². The minimum Gasteiger partial charge on any atom is -0.476 e. The second-order valence-corrected chi connectivity index (χ2v) is 1.31. The van der Waals surface area contributed by atoms with E-state index in [1.807, 2.05) is 0 Å². The van der Waals surface area contributed by atoms with Crippen LogP contribution in [0.15, 0.2) is 11.9 Å². The van der Waals surface area contributed by atoms with Crippen molar-refractivity contribution >= 4 is 5.97 Å². The van der Waals surface area contributed by atoms with Gasteiger partial charge >= 0.3 is 5.97 Å². The Morgan fingerprint density at radius 1 is 1.89 bits per heavy atom. The van der Waals surface area contributed by atoms with E-state index < -0.39 is 11.8 Å². The molecule has 0 bridgehead atoms. The lowest BCUT2D eigenvalue weighted by molar-refractivity contribution is -0.134. The summed E-state index contributed by atoms with van der Waals surface area (Å²) in [7, 11) is 1.35. The van der Waals surface area contributed by atoms with Gasteiger partial charge in [0.15, 0.2) is 0 Å². The molecule has 0 aliphatic rings. The standard InChI is InChI=1S/C5H7FO3/c1-9-3-2-4(6)5(7)8/h2H,3H2,1H3,(H,7,8). The van der Waals surface area contributed by atoms with E-state index in [2.05, 4.69) is 4.74 Å². The molecule has 0 saturated carbocycles. The van der Waals surface area contributed by atoms with E-state index in [4.69, 9.17) is 5.11 Å². The smallest absolute Gasteiger partial charge is 0.364 e. The van der Waals surface area contributed by atoms with Crippen molar-refractivity contribution in [2.45, 2.75) is 0 Å². The van der Waals surface area contributed by atoms with Crippen LogP contribution in [0.4, 0.5) is 4.39 Å². The molecule has 0 heterocycles. The van der Waals surface area contributed by atoms with E-state index in [0.29, 0.717) is 0 Å². The third-order valence-electron chi connectivity index (χ3n) is 0.634. The van der Waals surface area contributed by atoms with Gasteiger partial charge in [-0.05, 0) is 6.08 Å². The first-order chi connectivity index (χ1) is 4.18. The Bertz CT molecular complexity index is 130. The normalized spacial score (nSPS) is 11.6. The maximum atomic E-state index is 11.9. The third-order valence-corrected chi connectivity index (χ3v) is 0.634. The number of hydrogen-bond donors (Lipinski definition) is 1. The zero-order chi connectivity index (χ0) is 7.28. The van der Waals surface area contributed by atoms with Crippen LogP contribution in [0, 0.1) is 0 Å². The van der Waals surface area contributed by atoms with Gasteiger partial charge in [-0.1, -0.05) is 0 Å². The summed E-state index contributed by atoms with van der Waals surface area (Å²) in [4.78, 5) is 9.71. The molecule has 0 spiro atoms. The van der Waals surface area contributed by atoms with Crippen molar-refractivity contribution in [2.75, 3.05) is 13.7 Å². The van der Waals surface area contributed by atoms with Gasteiger partial charge in [0.05, 0.1) is 6.61 Å². The number of rotatable bonds is 3. The topological polar surface area (TPSA) is 46.5 Å². The molecule has 52 valence electrons. The van der Waals surface area contributed by atoms with Crippen molar-refractivity contribution in [3.8, 4) is 0 Å². The van der Waals surface area contributed by atoms with E-state index in [9.17, 15) is 9.18 Å². The zero-order valence-corrected chi connectivity index (χ0v) is 4.93. The molecular weight excluding hydrogens is 127 g/mol. The number of carboxylic acids is 1. The number of ether oxygens (including phenoxy) is 1. The highest BCUT2D eigenvalue weighted by Crippen LogP contribution is 1.93. The zero-order valence-electron chi connectivity index (χ0n) is 4.93. The fourth-order valence-corrected chi connectivity index (χ4v) is 0.244. The first-order valence-electron chi connectivity index (χ1n) is 2.26. The largest absolute Gasteiger partial charge is 0.476 e. The van der Waals surface area contributed by atoms with Crippen LogP contribution in [-0.4, -0.2) is 24.8 Å². The van der Waals surface area contributed by atoms with Crippen molar-refractivity contribution in [1.82, 2.24) is 0 Å². The van der Waals surface area contributed by atoms with Crippen LogP contribution in [0.25, 0.3) is 0 Å². The molecule has 0 saturated heterocycles. The van der Waals surface area contributed by atoms with Crippen molar-refractivity contribution in [3.05, 3.63) is 11.9 Å². The fraction of sp³-hybridized carbons (Fsp3) is 0.400. The minimum atomic E-state index is -1.56. The summed E-state index contributed by atoms with van der Waals surface area (Å²) in [6, 6.07) is 0. The molecule has 0 amide bonds. The molecule has 0 fully saturated rings. The summed E-state index contributed by atoms with van der Waals surface area (Å²) in [5.41, 5.74) is 0. The Kier molecular flexibility index (Phi) is 3.62. The molecule has 0 aliphatic carbocycles. The lowest BCUT2D eigenvalue weighted by Gasteiger charge is -1.87. The number of carbonyl (C=O) groups is 1. The lowest BCUT2D eigenvalue weighted by atomic mass is 10.5. The predicted octanol–water partition coefficient (Wildman–Crippen LogP) is 0.571. The van der Waals surface area contributed by atoms with Crippen molar-refractivity contribution in [3.63, 3.8) is 0 Å². The molecule has 0 unspecified atom stereocenters. The highest BCUT2D eigenvalue weighted by molar-refractivity contribution is 5.83. The quantitative estimate of drug-likeness (QED) is 0.574. The molecule has 0 aromatic heterocycles. The van der Waals surface area contributed by atoms with Crippen LogP contribution >= 0.6 is 0 Å². The predicted molar refractivity (Wildman–Crippen MR) is 28.7 cm³/mol. The van der Waals surface area contributed by atoms with Gasteiger partial charge in [-0.25, -0.2) is 4.79 Å². The highest BCUT2D eigenvalue weighted by atomic mass is 19.1. The van der Waals surface area contributed by atoms with E-state index in [1.54, 1.807) is 0 Å². The Morgan fingerprint density at radius 2 is 2.44 bits per heavy atom. The second kappa shape index (κ2) is 4.03. The summed E-state index contributed by atoms with van der Waals surface area (Å²) in [5, 5.41) is 7.91. The van der Waals surface area contributed by atoms with Gasteiger partial charge in [0.2, 0.25) is 5.83 Å². The van der Waals surface area contributed by atoms with Crippen LogP contribution in [-0.2, 0) is 9.53 Å².